The highest BCUT2D eigenvalue weighted by Crippen LogP contribution is 2.51. The lowest BCUT2D eigenvalue weighted by atomic mass is 9.79. The first-order valence-corrected chi connectivity index (χ1v) is 8.77. The molecule has 118 valence electrons. The minimum Gasteiger partial charge on any atom is -0.329 e. The van der Waals surface area contributed by atoms with Crippen LogP contribution in [-0.2, 0) is 0 Å². The van der Waals surface area contributed by atoms with Crippen LogP contribution in [0.5, 0.6) is 0 Å². The summed E-state index contributed by atoms with van der Waals surface area (Å²) < 4.78 is 0. The molecule has 0 aromatic heterocycles. The number of rotatable bonds is 4. The van der Waals surface area contributed by atoms with Gasteiger partial charge in [-0.2, -0.15) is 0 Å². The van der Waals surface area contributed by atoms with Gasteiger partial charge in [0.2, 0.25) is 0 Å². The van der Waals surface area contributed by atoms with Crippen molar-refractivity contribution in [2.75, 3.05) is 13.6 Å². The zero-order chi connectivity index (χ0) is 15.0. The average molecular weight is 280 g/mol. The van der Waals surface area contributed by atoms with Crippen LogP contribution in [0, 0.1) is 17.3 Å². The number of nitrogens with two attached hydrogens (primary N) is 1. The first kappa shape index (κ1) is 16.3. The van der Waals surface area contributed by atoms with Crippen LogP contribution < -0.4 is 5.73 Å². The quantitative estimate of drug-likeness (QED) is 0.842. The molecule has 2 atom stereocenters. The van der Waals surface area contributed by atoms with Gasteiger partial charge in [-0.1, -0.05) is 34.1 Å². The Morgan fingerprint density at radius 1 is 1.15 bits per heavy atom. The molecule has 2 heteroatoms. The van der Waals surface area contributed by atoms with Crippen molar-refractivity contribution in [2.24, 2.45) is 23.0 Å². The molecule has 20 heavy (non-hydrogen) atoms. The fraction of sp³-hybridized carbons (Fsp3) is 1.00. The molecular formula is C18H36N2. The van der Waals surface area contributed by atoms with Crippen molar-refractivity contribution in [3.63, 3.8) is 0 Å². The molecule has 2 N–H and O–H groups in total. The monoisotopic (exact) mass is 280 g/mol. The topological polar surface area (TPSA) is 29.3 Å². The van der Waals surface area contributed by atoms with Gasteiger partial charge in [0.25, 0.3) is 0 Å². The third-order valence-corrected chi connectivity index (χ3v) is 6.56. The molecular weight excluding hydrogens is 244 g/mol. The summed E-state index contributed by atoms with van der Waals surface area (Å²) in [5.41, 5.74) is 7.00. The van der Waals surface area contributed by atoms with Crippen LogP contribution in [0.3, 0.4) is 0 Å². The maximum absolute atomic E-state index is 6.30. The van der Waals surface area contributed by atoms with Crippen LogP contribution >= 0.6 is 0 Å². The number of hydrogen-bond acceptors (Lipinski definition) is 2. The van der Waals surface area contributed by atoms with Gasteiger partial charge in [0.15, 0.2) is 0 Å². The second kappa shape index (κ2) is 5.96. The van der Waals surface area contributed by atoms with Gasteiger partial charge >= 0.3 is 0 Å². The van der Waals surface area contributed by atoms with Gasteiger partial charge in [0.1, 0.15) is 0 Å². The highest BCUT2D eigenvalue weighted by molar-refractivity contribution is 5.07. The van der Waals surface area contributed by atoms with E-state index in [1.807, 2.05) is 0 Å². The second-order valence-corrected chi connectivity index (χ2v) is 8.45. The van der Waals surface area contributed by atoms with Crippen molar-refractivity contribution < 1.29 is 0 Å². The number of likely N-dealkylation sites (N-methyl/N-ethyl adjacent to an activating group) is 1. The summed E-state index contributed by atoms with van der Waals surface area (Å²) in [6.07, 6.45) is 9.55. The Morgan fingerprint density at radius 3 is 2.15 bits per heavy atom. The van der Waals surface area contributed by atoms with E-state index in [0.717, 1.165) is 24.4 Å². The summed E-state index contributed by atoms with van der Waals surface area (Å²) in [4.78, 5) is 2.71. The highest BCUT2D eigenvalue weighted by Gasteiger charge is 2.51. The first-order chi connectivity index (χ1) is 9.34. The standard InChI is InChI=1S/C18H36N2/c1-6-15-7-9-16(10-8-15)20(5)18(13-19)12-17(3,4)11-14(18)2/h14-16H,6-13,19H2,1-5H3. The van der Waals surface area contributed by atoms with E-state index in [-0.39, 0.29) is 5.54 Å². The molecule has 2 aliphatic rings. The van der Waals surface area contributed by atoms with Gasteiger partial charge in [-0.25, -0.2) is 0 Å². The normalized spacial score (nSPS) is 41.2. The fourth-order valence-electron chi connectivity index (χ4n) is 5.29. The molecule has 0 heterocycles. The molecule has 0 bridgehead atoms. The summed E-state index contributed by atoms with van der Waals surface area (Å²) in [5, 5.41) is 0. The molecule has 2 nitrogen and oxygen atoms in total. The Bertz CT molecular complexity index is 317. The molecule has 2 unspecified atom stereocenters. The van der Waals surface area contributed by atoms with Gasteiger partial charge in [-0.05, 0) is 62.8 Å². The van der Waals surface area contributed by atoms with Crippen molar-refractivity contribution in [2.45, 2.75) is 84.2 Å². The van der Waals surface area contributed by atoms with Crippen LogP contribution in [-0.4, -0.2) is 30.1 Å². The third-order valence-electron chi connectivity index (χ3n) is 6.56. The summed E-state index contributed by atoms with van der Waals surface area (Å²) in [7, 11) is 2.36. The SMILES string of the molecule is CCC1CCC(N(C)C2(CN)CC(C)(C)CC2C)CC1. The average Bonchev–Trinajstić information content (AvgIpc) is 2.68. The van der Waals surface area contributed by atoms with Crippen LogP contribution in [0.4, 0.5) is 0 Å². The fourth-order valence-corrected chi connectivity index (χ4v) is 5.29. The highest BCUT2D eigenvalue weighted by atomic mass is 15.2. The van der Waals surface area contributed by atoms with Gasteiger partial charge in [0, 0.05) is 18.1 Å². The molecule has 0 aromatic rings. The molecule has 0 spiro atoms. The van der Waals surface area contributed by atoms with E-state index in [2.05, 4.69) is 39.6 Å². The molecule has 0 aromatic carbocycles. The van der Waals surface area contributed by atoms with Crippen molar-refractivity contribution in [1.82, 2.24) is 4.90 Å². The van der Waals surface area contributed by atoms with Crippen molar-refractivity contribution >= 4 is 0 Å². The first-order valence-electron chi connectivity index (χ1n) is 8.77. The van der Waals surface area contributed by atoms with E-state index >= 15 is 0 Å². The zero-order valence-corrected chi connectivity index (χ0v) is 14.4. The smallest absolute Gasteiger partial charge is 0.0362 e. The van der Waals surface area contributed by atoms with Crippen LogP contribution in [0.15, 0.2) is 0 Å². The largest absolute Gasteiger partial charge is 0.329 e. The summed E-state index contributed by atoms with van der Waals surface area (Å²) in [6, 6.07) is 0.762. The minimum absolute atomic E-state index is 0.243. The number of nitrogens with zero attached hydrogens (tertiary/aromatic N) is 1. The predicted molar refractivity (Wildman–Crippen MR) is 87.8 cm³/mol. The predicted octanol–water partition coefficient (Wildman–Crippen LogP) is 4.04. The van der Waals surface area contributed by atoms with Crippen molar-refractivity contribution in [1.29, 1.82) is 0 Å². The molecule has 2 saturated carbocycles. The lowest BCUT2D eigenvalue weighted by molar-refractivity contribution is 0.0225. The second-order valence-electron chi connectivity index (χ2n) is 8.45. The summed E-state index contributed by atoms with van der Waals surface area (Å²) >= 11 is 0. The van der Waals surface area contributed by atoms with E-state index in [1.54, 1.807) is 0 Å². The molecule has 2 fully saturated rings. The van der Waals surface area contributed by atoms with Crippen LogP contribution in [0.1, 0.15) is 72.6 Å². The maximum Gasteiger partial charge on any atom is 0.0362 e. The van der Waals surface area contributed by atoms with Gasteiger partial charge in [0.05, 0.1) is 0 Å². The minimum atomic E-state index is 0.243. The van der Waals surface area contributed by atoms with E-state index in [9.17, 15) is 0 Å². The van der Waals surface area contributed by atoms with E-state index in [0.29, 0.717) is 5.41 Å². The molecule has 0 radical (unpaired) electrons. The lowest BCUT2D eigenvalue weighted by Gasteiger charge is -2.48. The maximum atomic E-state index is 6.30. The molecule has 2 rings (SSSR count). The lowest BCUT2D eigenvalue weighted by Crippen LogP contribution is -2.58. The van der Waals surface area contributed by atoms with Crippen molar-refractivity contribution in [3.8, 4) is 0 Å². The third kappa shape index (κ3) is 2.92. The van der Waals surface area contributed by atoms with Gasteiger partial charge < -0.3 is 5.73 Å². The van der Waals surface area contributed by atoms with E-state index in [4.69, 9.17) is 5.73 Å². The van der Waals surface area contributed by atoms with Crippen LogP contribution in [0.2, 0.25) is 0 Å². The molecule has 2 aliphatic carbocycles. The van der Waals surface area contributed by atoms with Crippen molar-refractivity contribution in [3.05, 3.63) is 0 Å². The Balaban J connectivity index is 2.08. The Labute approximate surface area is 126 Å². The van der Waals surface area contributed by atoms with E-state index in [1.165, 1.54) is 44.9 Å². The molecule has 0 amide bonds. The molecule has 0 saturated heterocycles. The summed E-state index contributed by atoms with van der Waals surface area (Å²) in [6.45, 7) is 10.4. The van der Waals surface area contributed by atoms with Gasteiger partial charge in [-0.3, -0.25) is 4.90 Å². The van der Waals surface area contributed by atoms with E-state index < -0.39 is 0 Å². The summed E-state index contributed by atoms with van der Waals surface area (Å²) in [5.74, 6) is 1.70. The Kier molecular flexibility index (Phi) is 4.86. The Morgan fingerprint density at radius 2 is 1.75 bits per heavy atom. The number of hydrogen-bond donors (Lipinski definition) is 1. The molecule has 0 aliphatic heterocycles. The zero-order valence-electron chi connectivity index (χ0n) is 14.4. The van der Waals surface area contributed by atoms with Gasteiger partial charge in [-0.15, -0.1) is 0 Å². The Hall–Kier alpha value is -0.0800. The van der Waals surface area contributed by atoms with Crippen LogP contribution in [0.25, 0.3) is 0 Å².